The third-order valence-electron chi connectivity index (χ3n) is 4.32. The zero-order valence-electron chi connectivity index (χ0n) is 13.9. The first kappa shape index (κ1) is 16.5. The predicted molar refractivity (Wildman–Crippen MR) is 89.8 cm³/mol. The molecule has 128 valence electrons. The van der Waals surface area contributed by atoms with Crippen LogP contribution in [0.15, 0.2) is 41.1 Å². The lowest BCUT2D eigenvalue weighted by molar-refractivity contribution is 0.0927. The van der Waals surface area contributed by atoms with E-state index in [0.29, 0.717) is 23.9 Å². The van der Waals surface area contributed by atoms with Gasteiger partial charge < -0.3 is 14.5 Å². The summed E-state index contributed by atoms with van der Waals surface area (Å²) in [5.41, 5.74) is 0.574. The zero-order chi connectivity index (χ0) is 16.8. The van der Waals surface area contributed by atoms with Gasteiger partial charge in [0, 0.05) is 30.9 Å². The number of pyridine rings is 1. The largest absolute Gasteiger partial charge is 0.481 e. The summed E-state index contributed by atoms with van der Waals surface area (Å²) >= 11 is 0. The van der Waals surface area contributed by atoms with Gasteiger partial charge in [-0.15, -0.1) is 0 Å². The van der Waals surface area contributed by atoms with Crippen LogP contribution < -0.4 is 10.1 Å². The van der Waals surface area contributed by atoms with Crippen molar-refractivity contribution in [2.75, 3.05) is 26.7 Å². The molecule has 1 amide bonds. The molecule has 1 fully saturated rings. The molecule has 6 nitrogen and oxygen atoms in total. The minimum absolute atomic E-state index is 0.0844. The van der Waals surface area contributed by atoms with Gasteiger partial charge in [-0.05, 0) is 43.5 Å². The van der Waals surface area contributed by atoms with E-state index < -0.39 is 0 Å². The second kappa shape index (κ2) is 7.97. The van der Waals surface area contributed by atoms with E-state index in [-0.39, 0.29) is 5.91 Å². The summed E-state index contributed by atoms with van der Waals surface area (Å²) in [7, 11) is 1.54. The first-order valence-electron chi connectivity index (χ1n) is 8.27. The zero-order valence-corrected chi connectivity index (χ0v) is 13.9. The number of aromatic nitrogens is 1. The van der Waals surface area contributed by atoms with Crippen LogP contribution in [0.1, 0.15) is 29.0 Å². The Morgan fingerprint density at radius 3 is 3.21 bits per heavy atom. The Morgan fingerprint density at radius 1 is 1.50 bits per heavy atom. The summed E-state index contributed by atoms with van der Waals surface area (Å²) in [6.45, 7) is 3.56. The van der Waals surface area contributed by atoms with E-state index in [1.165, 1.54) is 0 Å². The van der Waals surface area contributed by atoms with Gasteiger partial charge in [0.2, 0.25) is 5.88 Å². The van der Waals surface area contributed by atoms with Gasteiger partial charge in [0.1, 0.15) is 5.76 Å². The second-order valence-corrected chi connectivity index (χ2v) is 6.12. The fourth-order valence-corrected chi connectivity index (χ4v) is 3.09. The lowest BCUT2D eigenvalue weighted by Gasteiger charge is -2.32. The normalized spacial score (nSPS) is 18.3. The van der Waals surface area contributed by atoms with Crippen molar-refractivity contribution in [3.8, 4) is 5.88 Å². The molecule has 3 heterocycles. The number of hydrogen-bond donors (Lipinski definition) is 1. The van der Waals surface area contributed by atoms with E-state index in [1.807, 2.05) is 12.1 Å². The third-order valence-corrected chi connectivity index (χ3v) is 4.32. The molecule has 1 N–H and O–H groups in total. The minimum atomic E-state index is -0.0844. The lowest BCUT2D eigenvalue weighted by Crippen LogP contribution is -2.40. The molecule has 0 radical (unpaired) electrons. The van der Waals surface area contributed by atoms with Crippen LogP contribution in [0, 0.1) is 5.92 Å². The molecule has 1 aliphatic rings. The summed E-state index contributed by atoms with van der Waals surface area (Å²) in [4.78, 5) is 18.7. The Balaban J connectivity index is 1.49. The van der Waals surface area contributed by atoms with Crippen LogP contribution in [0.25, 0.3) is 0 Å². The van der Waals surface area contributed by atoms with Crippen LogP contribution in [0.5, 0.6) is 5.88 Å². The Labute approximate surface area is 141 Å². The third kappa shape index (κ3) is 4.35. The van der Waals surface area contributed by atoms with Crippen LogP contribution in [0.3, 0.4) is 0 Å². The predicted octanol–water partition coefficient (Wildman–Crippen LogP) is 2.33. The van der Waals surface area contributed by atoms with E-state index in [1.54, 1.807) is 31.7 Å². The van der Waals surface area contributed by atoms with Crippen LogP contribution in [0.4, 0.5) is 0 Å². The molecule has 24 heavy (non-hydrogen) atoms. The molecule has 0 saturated carbocycles. The summed E-state index contributed by atoms with van der Waals surface area (Å²) < 4.78 is 10.5. The average molecular weight is 329 g/mol. The Bertz CT molecular complexity index is 657. The molecule has 2 aromatic rings. The Morgan fingerprint density at radius 2 is 2.42 bits per heavy atom. The number of ether oxygens (including phenoxy) is 1. The smallest absolute Gasteiger partial charge is 0.251 e. The summed E-state index contributed by atoms with van der Waals surface area (Å²) in [6, 6.07) is 7.27. The number of nitrogens with one attached hydrogen (secondary N) is 1. The molecule has 0 spiro atoms. The number of furan rings is 1. The standard InChI is InChI=1S/C18H23N3O3/c1-23-17-10-15(6-7-19-17)18(22)20-11-14-4-2-8-21(12-14)13-16-5-3-9-24-16/h3,5-7,9-10,14H,2,4,8,11-13H2,1H3,(H,20,22)/t14-/m1/s1. The molecule has 1 aliphatic heterocycles. The number of methoxy groups -OCH3 is 1. The highest BCUT2D eigenvalue weighted by atomic mass is 16.5. The Kier molecular flexibility index (Phi) is 5.48. The maximum atomic E-state index is 12.3. The quantitative estimate of drug-likeness (QED) is 0.881. The van der Waals surface area contributed by atoms with Crippen LogP contribution in [0.2, 0.25) is 0 Å². The van der Waals surface area contributed by atoms with Gasteiger partial charge in [-0.3, -0.25) is 9.69 Å². The number of rotatable bonds is 6. The molecule has 3 rings (SSSR count). The maximum Gasteiger partial charge on any atom is 0.251 e. The van der Waals surface area contributed by atoms with E-state index in [4.69, 9.17) is 9.15 Å². The van der Waals surface area contributed by atoms with Gasteiger partial charge in [0.25, 0.3) is 5.91 Å². The number of amides is 1. The van der Waals surface area contributed by atoms with Crippen molar-refractivity contribution in [2.45, 2.75) is 19.4 Å². The maximum absolute atomic E-state index is 12.3. The highest BCUT2D eigenvalue weighted by Gasteiger charge is 2.21. The van der Waals surface area contributed by atoms with E-state index in [2.05, 4.69) is 15.2 Å². The molecule has 0 bridgehead atoms. The molecule has 1 saturated heterocycles. The van der Waals surface area contributed by atoms with Crippen molar-refractivity contribution >= 4 is 5.91 Å². The van der Waals surface area contributed by atoms with Crippen LogP contribution >= 0.6 is 0 Å². The highest BCUT2D eigenvalue weighted by molar-refractivity contribution is 5.94. The number of nitrogens with zero attached hydrogens (tertiary/aromatic N) is 2. The van der Waals surface area contributed by atoms with Gasteiger partial charge in [0.15, 0.2) is 0 Å². The average Bonchev–Trinajstić information content (AvgIpc) is 3.13. The number of carbonyl (C=O) groups excluding carboxylic acids is 1. The summed E-state index contributed by atoms with van der Waals surface area (Å²) in [5.74, 6) is 1.81. The molecule has 2 aromatic heterocycles. The minimum Gasteiger partial charge on any atom is -0.481 e. The number of hydrogen-bond acceptors (Lipinski definition) is 5. The number of likely N-dealkylation sites (tertiary alicyclic amines) is 1. The van der Waals surface area contributed by atoms with Gasteiger partial charge in [-0.1, -0.05) is 0 Å². The van der Waals surface area contributed by atoms with E-state index >= 15 is 0 Å². The van der Waals surface area contributed by atoms with Crippen molar-refractivity contribution < 1.29 is 13.9 Å². The first-order valence-corrected chi connectivity index (χ1v) is 8.27. The fraction of sp³-hybridized carbons (Fsp3) is 0.444. The van der Waals surface area contributed by atoms with Crippen molar-refractivity contribution in [3.63, 3.8) is 0 Å². The topological polar surface area (TPSA) is 67.6 Å². The van der Waals surface area contributed by atoms with E-state index in [9.17, 15) is 4.79 Å². The molecule has 1 atom stereocenters. The first-order chi connectivity index (χ1) is 11.7. The van der Waals surface area contributed by atoms with Crippen molar-refractivity contribution in [1.82, 2.24) is 15.2 Å². The van der Waals surface area contributed by atoms with Crippen molar-refractivity contribution in [1.29, 1.82) is 0 Å². The molecule has 0 unspecified atom stereocenters. The molecule has 0 aliphatic carbocycles. The van der Waals surface area contributed by atoms with Gasteiger partial charge in [0.05, 0.1) is 19.9 Å². The van der Waals surface area contributed by atoms with Crippen molar-refractivity contribution in [2.24, 2.45) is 5.92 Å². The van der Waals surface area contributed by atoms with Gasteiger partial charge in [-0.2, -0.15) is 0 Å². The molecular weight excluding hydrogens is 306 g/mol. The van der Waals surface area contributed by atoms with E-state index in [0.717, 1.165) is 38.2 Å². The molecule has 6 heteroatoms. The van der Waals surface area contributed by atoms with Crippen molar-refractivity contribution in [3.05, 3.63) is 48.0 Å². The van der Waals surface area contributed by atoms with Crippen LogP contribution in [-0.4, -0.2) is 42.5 Å². The molecular formula is C18H23N3O3. The fourth-order valence-electron chi connectivity index (χ4n) is 3.09. The van der Waals surface area contributed by atoms with Crippen LogP contribution in [-0.2, 0) is 6.54 Å². The van der Waals surface area contributed by atoms with Gasteiger partial charge in [-0.25, -0.2) is 4.98 Å². The monoisotopic (exact) mass is 329 g/mol. The number of piperidine rings is 1. The number of carbonyl (C=O) groups is 1. The lowest BCUT2D eigenvalue weighted by atomic mass is 9.97. The molecule has 0 aromatic carbocycles. The SMILES string of the molecule is COc1cc(C(=O)NC[C@H]2CCCN(Cc3ccco3)C2)ccn1. The second-order valence-electron chi connectivity index (χ2n) is 6.12. The summed E-state index contributed by atoms with van der Waals surface area (Å²) in [6.07, 6.45) is 5.57. The Hall–Kier alpha value is -2.34. The highest BCUT2D eigenvalue weighted by Crippen LogP contribution is 2.18. The van der Waals surface area contributed by atoms with Gasteiger partial charge >= 0.3 is 0 Å². The summed E-state index contributed by atoms with van der Waals surface area (Å²) in [5, 5.41) is 3.03.